The van der Waals surface area contributed by atoms with Crippen LogP contribution in [-0.4, -0.2) is 30.2 Å². The lowest BCUT2D eigenvalue weighted by atomic mass is 10.1. The summed E-state index contributed by atoms with van der Waals surface area (Å²) in [6.07, 6.45) is 0. The summed E-state index contributed by atoms with van der Waals surface area (Å²) in [5.41, 5.74) is 0.203. The van der Waals surface area contributed by atoms with Crippen molar-refractivity contribution < 1.29 is 17.6 Å². The molecule has 30 heavy (non-hydrogen) atoms. The summed E-state index contributed by atoms with van der Waals surface area (Å²) >= 11 is 0. The van der Waals surface area contributed by atoms with Gasteiger partial charge in [-0.2, -0.15) is 0 Å². The van der Waals surface area contributed by atoms with Crippen LogP contribution in [0.15, 0.2) is 50.0 Å². The van der Waals surface area contributed by atoms with Crippen molar-refractivity contribution in [3.63, 3.8) is 0 Å². The number of anilines is 1. The van der Waals surface area contributed by atoms with Gasteiger partial charge >= 0.3 is 5.63 Å². The van der Waals surface area contributed by atoms with Gasteiger partial charge in [-0.25, -0.2) is 18.6 Å². The third kappa shape index (κ3) is 3.13. The summed E-state index contributed by atoms with van der Waals surface area (Å²) in [4.78, 5) is 18.7. The summed E-state index contributed by atoms with van der Waals surface area (Å²) in [7, 11) is 0. The summed E-state index contributed by atoms with van der Waals surface area (Å²) in [5, 5.41) is 3.56. The predicted octanol–water partition coefficient (Wildman–Crippen LogP) is 4.07. The van der Waals surface area contributed by atoms with Crippen molar-refractivity contribution in [3.05, 3.63) is 58.5 Å². The first-order chi connectivity index (χ1) is 14.4. The summed E-state index contributed by atoms with van der Waals surface area (Å²) in [6.45, 7) is 5.56. The molecule has 4 aromatic rings. The Bertz CT molecular complexity index is 1320. The molecule has 6 nitrogen and oxygen atoms in total. The molecular weight excluding hydrogens is 392 g/mol. The highest BCUT2D eigenvalue weighted by Crippen LogP contribution is 2.30. The van der Waals surface area contributed by atoms with Gasteiger partial charge < -0.3 is 19.1 Å². The second-order valence-corrected chi connectivity index (χ2v) is 7.77. The first-order valence-electron chi connectivity index (χ1n) is 9.73. The van der Waals surface area contributed by atoms with E-state index < -0.39 is 17.3 Å². The maximum atomic E-state index is 15.0. The largest absolute Gasteiger partial charge is 0.436 e. The first-order valence-corrected chi connectivity index (χ1v) is 9.73. The van der Waals surface area contributed by atoms with Gasteiger partial charge in [-0.15, -0.1) is 0 Å². The number of nitrogens with zero attached hydrogens (tertiary/aromatic N) is 2. The smallest absolute Gasteiger partial charge is 0.349 e. The van der Waals surface area contributed by atoms with Crippen LogP contribution < -0.4 is 15.8 Å². The second kappa shape index (κ2) is 6.91. The fraction of sp³-hybridized carbons (Fsp3) is 0.273. The van der Waals surface area contributed by atoms with Crippen LogP contribution >= 0.6 is 0 Å². The molecule has 1 N–H and O–H groups in total. The summed E-state index contributed by atoms with van der Waals surface area (Å²) < 4.78 is 39.8. The van der Waals surface area contributed by atoms with E-state index in [2.05, 4.69) is 29.0 Å². The van der Waals surface area contributed by atoms with Crippen LogP contribution in [0.5, 0.6) is 0 Å². The molecule has 0 spiro atoms. The Morgan fingerprint density at radius 1 is 1.03 bits per heavy atom. The number of fused-ring (bicyclic) bond motifs is 2. The van der Waals surface area contributed by atoms with Gasteiger partial charge in [-0.3, -0.25) is 0 Å². The van der Waals surface area contributed by atoms with E-state index in [9.17, 15) is 13.6 Å². The molecule has 0 bridgehead atoms. The molecule has 2 atom stereocenters. The third-order valence-electron chi connectivity index (χ3n) is 5.31. The van der Waals surface area contributed by atoms with Crippen molar-refractivity contribution in [1.29, 1.82) is 0 Å². The Kier molecular flexibility index (Phi) is 4.32. The molecule has 154 valence electrons. The van der Waals surface area contributed by atoms with Crippen molar-refractivity contribution >= 4 is 27.8 Å². The fourth-order valence-corrected chi connectivity index (χ4v) is 4.06. The Hall–Kier alpha value is -3.26. The van der Waals surface area contributed by atoms with Crippen molar-refractivity contribution in [1.82, 2.24) is 10.3 Å². The first kappa shape index (κ1) is 18.7. The van der Waals surface area contributed by atoms with Crippen molar-refractivity contribution in [2.75, 3.05) is 18.0 Å². The van der Waals surface area contributed by atoms with E-state index in [0.717, 1.165) is 0 Å². The molecule has 0 radical (unpaired) electrons. The highest BCUT2D eigenvalue weighted by Gasteiger charge is 2.23. The van der Waals surface area contributed by atoms with Gasteiger partial charge in [0.25, 0.3) is 0 Å². The van der Waals surface area contributed by atoms with Crippen LogP contribution in [0.4, 0.5) is 14.5 Å². The lowest BCUT2D eigenvalue weighted by Gasteiger charge is -2.37. The Labute approximate surface area is 170 Å². The van der Waals surface area contributed by atoms with E-state index in [1.54, 1.807) is 12.1 Å². The number of halogens is 2. The van der Waals surface area contributed by atoms with Crippen LogP contribution in [0, 0.1) is 11.6 Å². The van der Waals surface area contributed by atoms with Gasteiger partial charge in [-0.05, 0) is 38.1 Å². The SMILES string of the molecule is C[C@@H]1CN(c2cc(F)c3cc(-c4nc5c(F)cccc5o4)c(=O)oc3c2)C[C@H](C)N1. The maximum absolute atomic E-state index is 15.0. The molecule has 0 saturated carbocycles. The third-order valence-corrected chi connectivity index (χ3v) is 5.31. The highest BCUT2D eigenvalue weighted by atomic mass is 19.1. The number of piperazine rings is 1. The van der Waals surface area contributed by atoms with Gasteiger partial charge in [0.1, 0.15) is 22.5 Å². The minimum absolute atomic E-state index is 0.00441. The minimum Gasteiger partial charge on any atom is -0.436 e. The molecule has 2 aromatic carbocycles. The maximum Gasteiger partial charge on any atom is 0.349 e. The fourth-order valence-electron chi connectivity index (χ4n) is 4.06. The van der Waals surface area contributed by atoms with E-state index in [1.165, 1.54) is 24.3 Å². The zero-order valence-corrected chi connectivity index (χ0v) is 16.4. The molecule has 0 amide bonds. The van der Waals surface area contributed by atoms with E-state index in [-0.39, 0.29) is 45.6 Å². The Morgan fingerprint density at radius 2 is 1.80 bits per heavy atom. The predicted molar refractivity (Wildman–Crippen MR) is 110 cm³/mol. The molecule has 1 fully saturated rings. The van der Waals surface area contributed by atoms with E-state index in [4.69, 9.17) is 8.83 Å². The molecular formula is C22H19F2N3O3. The van der Waals surface area contributed by atoms with E-state index in [0.29, 0.717) is 18.8 Å². The van der Waals surface area contributed by atoms with Gasteiger partial charge in [0.05, 0.1) is 5.39 Å². The summed E-state index contributed by atoms with van der Waals surface area (Å²) in [6, 6.07) is 9.21. The zero-order valence-electron chi connectivity index (χ0n) is 16.4. The molecule has 0 unspecified atom stereocenters. The molecule has 5 rings (SSSR count). The number of aromatic nitrogens is 1. The lowest BCUT2D eigenvalue weighted by molar-refractivity contribution is 0.406. The van der Waals surface area contributed by atoms with Crippen molar-refractivity contribution in [2.45, 2.75) is 25.9 Å². The normalized spacial score (nSPS) is 19.7. The zero-order chi connectivity index (χ0) is 21.0. The summed E-state index contributed by atoms with van der Waals surface area (Å²) in [5.74, 6) is -1.20. The molecule has 2 aromatic heterocycles. The topological polar surface area (TPSA) is 71.5 Å². The molecule has 0 aliphatic carbocycles. The Morgan fingerprint density at radius 3 is 2.53 bits per heavy atom. The monoisotopic (exact) mass is 411 g/mol. The Balaban J connectivity index is 1.61. The lowest BCUT2D eigenvalue weighted by Crippen LogP contribution is -2.54. The van der Waals surface area contributed by atoms with Gasteiger partial charge in [0.2, 0.25) is 5.89 Å². The van der Waals surface area contributed by atoms with Crippen molar-refractivity contribution in [3.8, 4) is 11.5 Å². The second-order valence-electron chi connectivity index (χ2n) is 7.77. The van der Waals surface area contributed by atoms with Crippen LogP contribution in [-0.2, 0) is 0 Å². The molecule has 1 aliphatic heterocycles. The van der Waals surface area contributed by atoms with Crippen LogP contribution in [0.3, 0.4) is 0 Å². The van der Waals surface area contributed by atoms with Gasteiger partial charge in [0, 0.05) is 36.9 Å². The molecule has 1 saturated heterocycles. The van der Waals surface area contributed by atoms with Gasteiger partial charge in [-0.1, -0.05) is 6.07 Å². The van der Waals surface area contributed by atoms with E-state index in [1.807, 2.05) is 0 Å². The molecule has 1 aliphatic rings. The van der Waals surface area contributed by atoms with E-state index >= 15 is 0 Å². The number of hydrogen-bond acceptors (Lipinski definition) is 6. The standard InChI is InChI=1S/C22H19F2N3O3/c1-11-9-27(10-12(2)25-11)13-6-17(24)14-8-15(22(28)30-19(14)7-13)21-26-20-16(23)4-3-5-18(20)29-21/h3-8,11-12,25H,9-10H2,1-2H3/t11-,12+. The van der Waals surface area contributed by atoms with Crippen LogP contribution in [0.2, 0.25) is 0 Å². The number of benzene rings is 2. The van der Waals surface area contributed by atoms with Crippen LogP contribution in [0.25, 0.3) is 33.5 Å². The van der Waals surface area contributed by atoms with Gasteiger partial charge in [0.15, 0.2) is 11.4 Å². The molecule has 8 heteroatoms. The number of hydrogen-bond donors (Lipinski definition) is 1. The quantitative estimate of drug-likeness (QED) is 0.502. The number of nitrogens with one attached hydrogen (secondary N) is 1. The van der Waals surface area contributed by atoms with Crippen molar-refractivity contribution in [2.24, 2.45) is 0 Å². The minimum atomic E-state index is -0.729. The number of oxazole rings is 1. The highest BCUT2D eigenvalue weighted by molar-refractivity contribution is 5.85. The number of rotatable bonds is 2. The number of para-hydroxylation sites is 1. The average molecular weight is 411 g/mol. The van der Waals surface area contributed by atoms with Crippen LogP contribution in [0.1, 0.15) is 13.8 Å². The molecule has 3 heterocycles. The average Bonchev–Trinajstić information content (AvgIpc) is 3.12.